The first-order valence-electron chi connectivity index (χ1n) is 4.38. The number of aryl methyl sites for hydroxylation is 1. The SMILES string of the molecule is Cc1nccnc1C1(N)CC(F)(F)C1. The molecule has 0 saturated heterocycles. The molecule has 76 valence electrons. The Labute approximate surface area is 80.4 Å². The van der Waals surface area contributed by atoms with E-state index >= 15 is 0 Å². The van der Waals surface area contributed by atoms with Crippen LogP contribution in [0.15, 0.2) is 12.4 Å². The van der Waals surface area contributed by atoms with Crippen molar-refractivity contribution in [2.24, 2.45) is 5.73 Å². The highest BCUT2D eigenvalue weighted by molar-refractivity contribution is 5.25. The Bertz CT molecular complexity index is 357. The Morgan fingerprint density at radius 3 is 2.36 bits per heavy atom. The molecule has 0 amide bonds. The third kappa shape index (κ3) is 1.37. The van der Waals surface area contributed by atoms with E-state index in [2.05, 4.69) is 9.97 Å². The molecule has 0 unspecified atom stereocenters. The van der Waals surface area contributed by atoms with Gasteiger partial charge in [-0.3, -0.25) is 9.97 Å². The molecular weight excluding hydrogens is 188 g/mol. The van der Waals surface area contributed by atoms with Gasteiger partial charge < -0.3 is 5.73 Å². The molecule has 1 fully saturated rings. The molecule has 0 bridgehead atoms. The molecule has 14 heavy (non-hydrogen) atoms. The fraction of sp³-hybridized carbons (Fsp3) is 0.556. The van der Waals surface area contributed by atoms with Gasteiger partial charge in [0.2, 0.25) is 0 Å². The summed E-state index contributed by atoms with van der Waals surface area (Å²) in [6.45, 7) is 1.73. The number of alkyl halides is 2. The zero-order valence-electron chi connectivity index (χ0n) is 7.80. The van der Waals surface area contributed by atoms with Crippen molar-refractivity contribution >= 4 is 0 Å². The highest BCUT2D eigenvalue weighted by Crippen LogP contribution is 2.49. The van der Waals surface area contributed by atoms with Crippen molar-refractivity contribution in [3.8, 4) is 0 Å². The van der Waals surface area contributed by atoms with Gasteiger partial charge in [-0.05, 0) is 6.92 Å². The summed E-state index contributed by atoms with van der Waals surface area (Å²) in [6, 6.07) is 0. The standard InChI is InChI=1S/C9H11F2N3/c1-6-7(14-3-2-13-6)8(12)4-9(10,11)5-8/h2-3H,4-5,12H2,1H3. The molecule has 0 atom stereocenters. The van der Waals surface area contributed by atoms with Gasteiger partial charge in [-0.2, -0.15) is 0 Å². The zero-order chi connectivity index (χ0) is 10.4. The molecule has 1 aromatic heterocycles. The second kappa shape index (κ2) is 2.70. The van der Waals surface area contributed by atoms with Crippen LogP contribution in [0.2, 0.25) is 0 Å². The smallest absolute Gasteiger partial charge is 0.252 e. The summed E-state index contributed by atoms with van der Waals surface area (Å²) in [4.78, 5) is 8.00. The Balaban J connectivity index is 2.30. The van der Waals surface area contributed by atoms with Crippen molar-refractivity contribution < 1.29 is 8.78 Å². The van der Waals surface area contributed by atoms with E-state index in [1.807, 2.05) is 0 Å². The first-order chi connectivity index (χ1) is 6.43. The molecule has 0 aromatic carbocycles. The summed E-state index contributed by atoms with van der Waals surface area (Å²) in [7, 11) is 0. The Kier molecular flexibility index (Phi) is 1.82. The van der Waals surface area contributed by atoms with E-state index in [-0.39, 0.29) is 12.8 Å². The predicted octanol–water partition coefficient (Wildman–Crippen LogP) is 1.37. The van der Waals surface area contributed by atoms with Crippen LogP contribution in [0, 0.1) is 6.92 Å². The number of nitrogens with zero attached hydrogens (tertiary/aromatic N) is 2. The maximum atomic E-state index is 12.7. The van der Waals surface area contributed by atoms with Gasteiger partial charge >= 0.3 is 0 Å². The fourth-order valence-corrected chi connectivity index (χ4v) is 1.94. The van der Waals surface area contributed by atoms with Gasteiger partial charge in [0.15, 0.2) is 0 Å². The molecule has 0 aliphatic heterocycles. The molecule has 0 spiro atoms. The Morgan fingerprint density at radius 2 is 1.86 bits per heavy atom. The molecule has 0 radical (unpaired) electrons. The van der Waals surface area contributed by atoms with Crippen LogP contribution in [-0.4, -0.2) is 15.9 Å². The van der Waals surface area contributed by atoms with Crippen LogP contribution in [0.1, 0.15) is 24.2 Å². The van der Waals surface area contributed by atoms with Crippen molar-refractivity contribution in [3.63, 3.8) is 0 Å². The third-order valence-electron chi connectivity index (χ3n) is 2.50. The summed E-state index contributed by atoms with van der Waals surface area (Å²) >= 11 is 0. The largest absolute Gasteiger partial charge is 0.320 e. The summed E-state index contributed by atoms with van der Waals surface area (Å²) in [5, 5.41) is 0. The highest BCUT2D eigenvalue weighted by atomic mass is 19.3. The molecule has 5 heteroatoms. The number of halogens is 2. The lowest BCUT2D eigenvalue weighted by molar-refractivity contribution is -0.126. The predicted molar refractivity (Wildman–Crippen MR) is 46.8 cm³/mol. The van der Waals surface area contributed by atoms with E-state index in [0.717, 1.165) is 0 Å². The van der Waals surface area contributed by atoms with Crippen LogP contribution in [0.3, 0.4) is 0 Å². The van der Waals surface area contributed by atoms with E-state index in [1.165, 1.54) is 12.4 Å². The van der Waals surface area contributed by atoms with Crippen molar-refractivity contribution in [2.75, 3.05) is 0 Å². The van der Waals surface area contributed by atoms with Gasteiger partial charge in [-0.15, -0.1) is 0 Å². The second-order valence-electron chi connectivity index (χ2n) is 3.86. The van der Waals surface area contributed by atoms with Gasteiger partial charge in [0, 0.05) is 25.2 Å². The normalized spacial score (nSPS) is 22.9. The van der Waals surface area contributed by atoms with Gasteiger partial charge in [0.25, 0.3) is 5.92 Å². The third-order valence-corrected chi connectivity index (χ3v) is 2.50. The average molecular weight is 199 g/mol. The molecular formula is C9H11F2N3. The van der Waals surface area contributed by atoms with Crippen molar-refractivity contribution in [1.29, 1.82) is 0 Å². The number of aromatic nitrogens is 2. The summed E-state index contributed by atoms with van der Waals surface area (Å²) in [5.74, 6) is -2.64. The minimum absolute atomic E-state index is 0.334. The summed E-state index contributed by atoms with van der Waals surface area (Å²) in [6.07, 6.45) is 2.34. The quantitative estimate of drug-likeness (QED) is 0.743. The minimum atomic E-state index is -2.64. The van der Waals surface area contributed by atoms with Gasteiger partial charge in [0.05, 0.1) is 16.9 Å². The number of nitrogens with two attached hydrogens (primary N) is 1. The zero-order valence-corrected chi connectivity index (χ0v) is 7.80. The van der Waals surface area contributed by atoms with Crippen LogP contribution in [0.25, 0.3) is 0 Å². The Hall–Kier alpha value is -1.10. The molecule has 1 heterocycles. The summed E-state index contributed by atoms with van der Waals surface area (Å²) in [5.41, 5.74) is 5.96. The maximum Gasteiger partial charge on any atom is 0.252 e. The first kappa shape index (κ1) is 9.45. The number of hydrogen-bond acceptors (Lipinski definition) is 3. The van der Waals surface area contributed by atoms with E-state index in [1.54, 1.807) is 6.92 Å². The molecule has 2 rings (SSSR count). The maximum absolute atomic E-state index is 12.7. The lowest BCUT2D eigenvalue weighted by Crippen LogP contribution is -2.56. The lowest BCUT2D eigenvalue weighted by atomic mass is 9.71. The highest BCUT2D eigenvalue weighted by Gasteiger charge is 2.56. The average Bonchev–Trinajstić information content (AvgIpc) is 2.00. The van der Waals surface area contributed by atoms with Crippen LogP contribution >= 0.6 is 0 Å². The van der Waals surface area contributed by atoms with Crippen LogP contribution in [0.5, 0.6) is 0 Å². The minimum Gasteiger partial charge on any atom is -0.320 e. The molecule has 1 aliphatic rings. The second-order valence-corrected chi connectivity index (χ2v) is 3.86. The van der Waals surface area contributed by atoms with E-state index in [0.29, 0.717) is 11.4 Å². The van der Waals surface area contributed by atoms with Crippen molar-refractivity contribution in [2.45, 2.75) is 31.2 Å². The fourth-order valence-electron chi connectivity index (χ4n) is 1.94. The van der Waals surface area contributed by atoms with Crippen molar-refractivity contribution in [1.82, 2.24) is 9.97 Å². The van der Waals surface area contributed by atoms with Gasteiger partial charge in [-0.25, -0.2) is 8.78 Å². The number of hydrogen-bond donors (Lipinski definition) is 1. The topological polar surface area (TPSA) is 51.8 Å². The van der Waals surface area contributed by atoms with Crippen LogP contribution < -0.4 is 5.73 Å². The molecule has 1 aromatic rings. The molecule has 1 aliphatic carbocycles. The number of rotatable bonds is 1. The van der Waals surface area contributed by atoms with E-state index in [4.69, 9.17) is 5.73 Å². The van der Waals surface area contributed by atoms with E-state index < -0.39 is 11.5 Å². The van der Waals surface area contributed by atoms with Crippen molar-refractivity contribution in [3.05, 3.63) is 23.8 Å². The molecule has 1 saturated carbocycles. The van der Waals surface area contributed by atoms with E-state index in [9.17, 15) is 8.78 Å². The monoisotopic (exact) mass is 199 g/mol. The molecule has 2 N–H and O–H groups in total. The Morgan fingerprint density at radius 1 is 1.29 bits per heavy atom. The lowest BCUT2D eigenvalue weighted by Gasteiger charge is -2.44. The van der Waals surface area contributed by atoms with Crippen LogP contribution in [-0.2, 0) is 5.54 Å². The molecule has 3 nitrogen and oxygen atoms in total. The summed E-state index contributed by atoms with van der Waals surface area (Å²) < 4.78 is 25.4. The van der Waals surface area contributed by atoms with Gasteiger partial charge in [0.1, 0.15) is 0 Å². The first-order valence-corrected chi connectivity index (χ1v) is 4.38. The van der Waals surface area contributed by atoms with Crippen LogP contribution in [0.4, 0.5) is 8.78 Å². The van der Waals surface area contributed by atoms with Gasteiger partial charge in [-0.1, -0.05) is 0 Å².